The second kappa shape index (κ2) is 4.80. The largest absolute Gasteiger partial charge is 0.383 e. The Morgan fingerprint density at radius 1 is 1.33 bits per heavy atom. The van der Waals surface area contributed by atoms with E-state index < -0.39 is 0 Å². The highest BCUT2D eigenvalue weighted by atomic mass is 16.2. The molecular weight excluding hydrogens is 230 g/mol. The van der Waals surface area contributed by atoms with Gasteiger partial charge in [-0.25, -0.2) is 9.97 Å². The van der Waals surface area contributed by atoms with Crippen LogP contribution in [0.4, 0.5) is 11.6 Å². The molecule has 1 amide bonds. The van der Waals surface area contributed by atoms with Crippen molar-refractivity contribution in [3.05, 3.63) is 11.4 Å². The molecule has 98 valence electrons. The maximum Gasteiger partial charge on any atom is 0.241 e. The number of amides is 1. The summed E-state index contributed by atoms with van der Waals surface area (Å²) in [6.45, 7) is 5.74. The third-order valence-electron chi connectivity index (χ3n) is 3.28. The van der Waals surface area contributed by atoms with E-state index in [2.05, 4.69) is 9.97 Å². The van der Waals surface area contributed by atoms with Crippen LogP contribution in [0.15, 0.2) is 0 Å². The molecule has 0 aliphatic carbocycles. The van der Waals surface area contributed by atoms with Crippen molar-refractivity contribution in [1.82, 2.24) is 14.9 Å². The van der Waals surface area contributed by atoms with E-state index in [0.717, 1.165) is 30.2 Å². The molecule has 2 heterocycles. The number of likely N-dealkylation sites (N-methyl/N-ethyl adjacent to an activating group) is 1. The maximum absolute atomic E-state index is 11.7. The number of rotatable bonds is 2. The number of hydrogen-bond acceptors (Lipinski definition) is 5. The summed E-state index contributed by atoms with van der Waals surface area (Å²) in [5.41, 5.74) is 6.74. The van der Waals surface area contributed by atoms with Gasteiger partial charge in [-0.05, 0) is 6.92 Å². The molecule has 0 saturated carbocycles. The van der Waals surface area contributed by atoms with Gasteiger partial charge in [0.2, 0.25) is 5.91 Å². The Kier molecular flexibility index (Phi) is 3.36. The Labute approximate surface area is 107 Å². The molecule has 2 N–H and O–H groups in total. The molecule has 1 aromatic heterocycles. The second-order valence-corrected chi connectivity index (χ2v) is 4.56. The molecule has 0 bridgehead atoms. The third kappa shape index (κ3) is 2.23. The molecule has 0 radical (unpaired) electrons. The summed E-state index contributed by atoms with van der Waals surface area (Å²) in [6, 6.07) is 0. The minimum absolute atomic E-state index is 0.107. The summed E-state index contributed by atoms with van der Waals surface area (Å²) in [4.78, 5) is 24.2. The molecule has 1 saturated heterocycles. The predicted molar refractivity (Wildman–Crippen MR) is 70.4 cm³/mol. The van der Waals surface area contributed by atoms with Gasteiger partial charge < -0.3 is 15.5 Å². The average Bonchev–Trinajstić information content (AvgIpc) is 2.36. The number of hydrogen-bond donors (Lipinski definition) is 1. The van der Waals surface area contributed by atoms with Crippen LogP contribution in [0.1, 0.15) is 18.3 Å². The molecule has 2 rings (SSSR count). The van der Waals surface area contributed by atoms with Crippen molar-refractivity contribution in [2.45, 2.75) is 20.3 Å². The second-order valence-electron chi connectivity index (χ2n) is 4.56. The Hall–Kier alpha value is -1.85. The zero-order valence-corrected chi connectivity index (χ0v) is 11.1. The van der Waals surface area contributed by atoms with E-state index in [9.17, 15) is 4.79 Å². The van der Waals surface area contributed by atoms with Crippen molar-refractivity contribution < 1.29 is 4.79 Å². The smallest absolute Gasteiger partial charge is 0.241 e. The molecular formula is C12H19N5O. The third-order valence-corrected chi connectivity index (χ3v) is 3.28. The van der Waals surface area contributed by atoms with Crippen LogP contribution < -0.4 is 10.6 Å². The maximum atomic E-state index is 11.7. The van der Waals surface area contributed by atoms with Crippen LogP contribution in [0.3, 0.4) is 0 Å². The Bertz CT molecular complexity index is 474. The van der Waals surface area contributed by atoms with E-state index in [4.69, 9.17) is 5.73 Å². The lowest BCUT2D eigenvalue weighted by Crippen LogP contribution is -2.49. The Morgan fingerprint density at radius 3 is 2.67 bits per heavy atom. The van der Waals surface area contributed by atoms with Crippen molar-refractivity contribution >= 4 is 17.5 Å². The first-order valence-electron chi connectivity index (χ1n) is 6.14. The number of nitrogens with zero attached hydrogens (tertiary/aromatic N) is 4. The number of aryl methyl sites for hydroxylation is 1. The quantitative estimate of drug-likeness (QED) is 0.811. The molecule has 1 aliphatic rings. The summed E-state index contributed by atoms with van der Waals surface area (Å²) >= 11 is 0. The van der Waals surface area contributed by atoms with Gasteiger partial charge >= 0.3 is 0 Å². The van der Waals surface area contributed by atoms with Gasteiger partial charge in [0.15, 0.2) is 0 Å². The molecule has 0 atom stereocenters. The summed E-state index contributed by atoms with van der Waals surface area (Å²) in [7, 11) is 1.82. The molecule has 6 nitrogen and oxygen atoms in total. The minimum atomic E-state index is 0.107. The molecule has 18 heavy (non-hydrogen) atoms. The van der Waals surface area contributed by atoms with Crippen molar-refractivity contribution in [2.75, 3.05) is 37.3 Å². The summed E-state index contributed by atoms with van der Waals surface area (Å²) in [5, 5.41) is 0. The highest BCUT2D eigenvalue weighted by molar-refractivity contribution is 5.82. The lowest BCUT2D eigenvalue weighted by molar-refractivity contribution is -0.129. The zero-order valence-electron chi connectivity index (χ0n) is 11.1. The highest BCUT2D eigenvalue weighted by Crippen LogP contribution is 2.22. The summed E-state index contributed by atoms with van der Waals surface area (Å²) in [6.07, 6.45) is 0.735. The Balaban J connectivity index is 2.33. The number of aromatic nitrogens is 2. The van der Waals surface area contributed by atoms with Crippen molar-refractivity contribution in [1.29, 1.82) is 0 Å². The van der Waals surface area contributed by atoms with E-state index in [1.165, 1.54) is 0 Å². The van der Waals surface area contributed by atoms with E-state index in [1.54, 1.807) is 4.90 Å². The van der Waals surface area contributed by atoms with Gasteiger partial charge in [-0.2, -0.15) is 0 Å². The zero-order chi connectivity index (χ0) is 13.3. The van der Waals surface area contributed by atoms with Gasteiger partial charge in [0.05, 0.1) is 6.54 Å². The fraction of sp³-hybridized carbons (Fsp3) is 0.583. The van der Waals surface area contributed by atoms with E-state index in [-0.39, 0.29) is 5.91 Å². The van der Waals surface area contributed by atoms with Gasteiger partial charge in [-0.3, -0.25) is 4.79 Å². The molecule has 1 fully saturated rings. The lowest BCUT2D eigenvalue weighted by atomic mass is 10.2. The highest BCUT2D eigenvalue weighted by Gasteiger charge is 2.24. The van der Waals surface area contributed by atoms with Crippen LogP contribution in [0.2, 0.25) is 0 Å². The first-order valence-corrected chi connectivity index (χ1v) is 6.14. The number of nitrogen functional groups attached to an aromatic ring is 1. The summed E-state index contributed by atoms with van der Waals surface area (Å²) in [5.74, 6) is 2.12. The predicted octanol–water partition coefficient (Wildman–Crippen LogP) is 0.208. The van der Waals surface area contributed by atoms with Gasteiger partial charge in [-0.15, -0.1) is 0 Å². The fourth-order valence-corrected chi connectivity index (χ4v) is 1.97. The van der Waals surface area contributed by atoms with E-state index >= 15 is 0 Å². The fourth-order valence-electron chi connectivity index (χ4n) is 1.97. The first kappa shape index (κ1) is 12.6. The number of carbonyl (C=O) groups excluding carboxylic acids is 1. The molecule has 1 aliphatic heterocycles. The van der Waals surface area contributed by atoms with Crippen molar-refractivity contribution in [2.24, 2.45) is 0 Å². The molecule has 0 spiro atoms. The number of piperazine rings is 1. The SMILES string of the molecule is CCc1nc(N)c(C)c(N2CCN(C)C(=O)C2)n1. The Morgan fingerprint density at radius 2 is 2.06 bits per heavy atom. The average molecular weight is 249 g/mol. The van der Waals surface area contributed by atoms with Crippen LogP contribution in [-0.4, -0.2) is 47.5 Å². The minimum Gasteiger partial charge on any atom is -0.383 e. The topological polar surface area (TPSA) is 75.3 Å². The van der Waals surface area contributed by atoms with Crippen LogP contribution in [-0.2, 0) is 11.2 Å². The normalized spacial score (nSPS) is 16.3. The molecule has 0 unspecified atom stereocenters. The van der Waals surface area contributed by atoms with Gasteiger partial charge in [-0.1, -0.05) is 6.92 Å². The van der Waals surface area contributed by atoms with Crippen LogP contribution in [0, 0.1) is 6.92 Å². The molecule has 6 heteroatoms. The van der Waals surface area contributed by atoms with Gasteiger partial charge in [0.25, 0.3) is 0 Å². The van der Waals surface area contributed by atoms with Crippen LogP contribution in [0.25, 0.3) is 0 Å². The van der Waals surface area contributed by atoms with Gasteiger partial charge in [0.1, 0.15) is 17.5 Å². The van der Waals surface area contributed by atoms with Crippen LogP contribution in [0.5, 0.6) is 0 Å². The first-order chi connectivity index (χ1) is 8.52. The molecule has 0 aromatic carbocycles. The van der Waals surface area contributed by atoms with Crippen molar-refractivity contribution in [3.63, 3.8) is 0 Å². The number of carbonyl (C=O) groups is 1. The van der Waals surface area contributed by atoms with E-state index in [0.29, 0.717) is 18.9 Å². The monoisotopic (exact) mass is 249 g/mol. The molecule has 1 aromatic rings. The number of nitrogens with two attached hydrogens (primary N) is 1. The van der Waals surface area contributed by atoms with Crippen LogP contribution >= 0.6 is 0 Å². The lowest BCUT2D eigenvalue weighted by Gasteiger charge is -2.33. The van der Waals surface area contributed by atoms with E-state index in [1.807, 2.05) is 25.8 Å². The number of anilines is 2. The van der Waals surface area contributed by atoms with Gasteiger partial charge in [0, 0.05) is 32.1 Å². The van der Waals surface area contributed by atoms with Crippen molar-refractivity contribution in [3.8, 4) is 0 Å². The summed E-state index contributed by atoms with van der Waals surface area (Å²) < 4.78 is 0. The standard InChI is InChI=1S/C12H19N5O/c1-4-9-14-11(13)8(2)12(15-9)17-6-5-16(3)10(18)7-17/h4-7H2,1-3H3,(H2,13,14,15).